The molecule has 0 radical (unpaired) electrons. The maximum absolute atomic E-state index is 12.8. The van der Waals surface area contributed by atoms with Crippen molar-refractivity contribution in [1.82, 2.24) is 24.4 Å². The molecule has 4 heterocycles. The molecule has 28 heavy (non-hydrogen) atoms. The van der Waals surface area contributed by atoms with E-state index in [2.05, 4.69) is 20.1 Å². The molecular weight excluding hydrogens is 370 g/mol. The van der Waals surface area contributed by atoms with Crippen LogP contribution in [0.25, 0.3) is 16.9 Å². The van der Waals surface area contributed by atoms with Gasteiger partial charge in [0.15, 0.2) is 5.82 Å². The maximum Gasteiger partial charge on any atom is 0.266 e. The van der Waals surface area contributed by atoms with Crippen molar-refractivity contribution in [1.29, 1.82) is 0 Å². The molecule has 0 spiro atoms. The Morgan fingerprint density at radius 1 is 1.32 bits per heavy atom. The third-order valence-electron chi connectivity index (χ3n) is 4.80. The highest BCUT2D eigenvalue weighted by atomic mass is 19.3. The minimum atomic E-state index is -2.69. The molecule has 1 aliphatic rings. The maximum atomic E-state index is 12.8. The number of alkyl halides is 2. The smallest absolute Gasteiger partial charge is 0.266 e. The molecule has 9 nitrogen and oxygen atoms in total. The molecule has 4 N–H and O–H groups in total. The SMILES string of the molecule is Nc1ncnn2c(-c3ccc(=O)n(CC(F)F)n3)cc(N3CCCC(N)C3)c12. The first-order chi connectivity index (χ1) is 13.4. The highest BCUT2D eigenvalue weighted by molar-refractivity contribution is 5.88. The van der Waals surface area contributed by atoms with Crippen molar-refractivity contribution in [3.05, 3.63) is 34.9 Å². The van der Waals surface area contributed by atoms with Gasteiger partial charge in [-0.3, -0.25) is 4.79 Å². The zero-order valence-electron chi connectivity index (χ0n) is 15.0. The zero-order valence-corrected chi connectivity index (χ0v) is 15.0. The molecule has 1 saturated heterocycles. The van der Waals surface area contributed by atoms with E-state index >= 15 is 0 Å². The number of aromatic nitrogens is 5. The van der Waals surface area contributed by atoms with Crippen LogP contribution < -0.4 is 21.9 Å². The fraction of sp³-hybridized carbons (Fsp3) is 0.412. The number of piperidine rings is 1. The summed E-state index contributed by atoms with van der Waals surface area (Å²) in [5.74, 6) is 0.288. The molecule has 0 aliphatic carbocycles. The Labute approximate surface area is 158 Å². The van der Waals surface area contributed by atoms with Crippen molar-refractivity contribution < 1.29 is 8.78 Å². The lowest BCUT2D eigenvalue weighted by Crippen LogP contribution is -2.42. The van der Waals surface area contributed by atoms with Crippen LogP contribution in [0.15, 0.2) is 29.3 Å². The molecule has 0 saturated carbocycles. The second-order valence-electron chi connectivity index (χ2n) is 6.80. The van der Waals surface area contributed by atoms with Crippen molar-refractivity contribution in [3.63, 3.8) is 0 Å². The first-order valence-electron chi connectivity index (χ1n) is 8.93. The van der Waals surface area contributed by atoms with Crippen LogP contribution in [-0.2, 0) is 6.54 Å². The Hall–Kier alpha value is -3.08. The van der Waals surface area contributed by atoms with Crippen molar-refractivity contribution in [2.24, 2.45) is 5.73 Å². The van der Waals surface area contributed by atoms with E-state index in [1.165, 1.54) is 18.5 Å². The monoisotopic (exact) mass is 390 g/mol. The summed E-state index contributed by atoms with van der Waals surface area (Å²) in [6, 6.07) is 4.57. The van der Waals surface area contributed by atoms with Gasteiger partial charge in [0.1, 0.15) is 24.1 Å². The van der Waals surface area contributed by atoms with E-state index < -0.39 is 18.5 Å². The molecule has 3 aromatic rings. The lowest BCUT2D eigenvalue weighted by molar-refractivity contribution is 0.120. The van der Waals surface area contributed by atoms with Crippen LogP contribution in [-0.4, -0.2) is 49.9 Å². The largest absolute Gasteiger partial charge is 0.382 e. The molecule has 0 aromatic carbocycles. The second kappa shape index (κ2) is 7.15. The number of hydrogen-bond acceptors (Lipinski definition) is 7. The molecule has 4 rings (SSSR count). The van der Waals surface area contributed by atoms with E-state index in [0.717, 1.165) is 29.8 Å². The predicted molar refractivity (Wildman–Crippen MR) is 100 cm³/mol. The van der Waals surface area contributed by atoms with Crippen LogP contribution in [0.1, 0.15) is 12.8 Å². The third kappa shape index (κ3) is 3.28. The van der Waals surface area contributed by atoms with Crippen molar-refractivity contribution in [2.45, 2.75) is 31.9 Å². The molecule has 1 aliphatic heterocycles. The van der Waals surface area contributed by atoms with E-state index in [4.69, 9.17) is 11.5 Å². The number of nitrogens with two attached hydrogens (primary N) is 2. The molecule has 0 bridgehead atoms. The molecule has 1 atom stereocenters. The lowest BCUT2D eigenvalue weighted by Gasteiger charge is -2.32. The van der Waals surface area contributed by atoms with Gasteiger partial charge >= 0.3 is 0 Å². The summed E-state index contributed by atoms with van der Waals surface area (Å²) < 4.78 is 27.8. The van der Waals surface area contributed by atoms with Crippen LogP contribution in [0.2, 0.25) is 0 Å². The summed E-state index contributed by atoms with van der Waals surface area (Å²) in [6.45, 7) is 0.687. The van der Waals surface area contributed by atoms with E-state index in [1.807, 2.05) is 6.07 Å². The van der Waals surface area contributed by atoms with Crippen LogP contribution >= 0.6 is 0 Å². The summed E-state index contributed by atoms with van der Waals surface area (Å²) in [7, 11) is 0. The minimum absolute atomic E-state index is 0.0454. The fourth-order valence-electron chi connectivity index (χ4n) is 3.55. The Balaban J connectivity index is 1.87. The summed E-state index contributed by atoms with van der Waals surface area (Å²) in [5.41, 5.74) is 13.9. The number of hydrogen-bond donors (Lipinski definition) is 2. The normalized spacial score (nSPS) is 17.6. The fourth-order valence-corrected chi connectivity index (χ4v) is 3.55. The Bertz CT molecular complexity index is 1060. The number of rotatable bonds is 4. The van der Waals surface area contributed by atoms with Gasteiger partial charge in [-0.2, -0.15) is 10.2 Å². The van der Waals surface area contributed by atoms with Gasteiger partial charge in [-0.1, -0.05) is 0 Å². The lowest BCUT2D eigenvalue weighted by atomic mass is 10.1. The number of anilines is 2. The molecule has 0 amide bonds. The average Bonchev–Trinajstić information content (AvgIpc) is 3.04. The van der Waals surface area contributed by atoms with Gasteiger partial charge in [0.05, 0.1) is 11.4 Å². The molecule has 1 unspecified atom stereocenters. The van der Waals surface area contributed by atoms with Crippen molar-refractivity contribution in [2.75, 3.05) is 23.7 Å². The Morgan fingerprint density at radius 3 is 2.89 bits per heavy atom. The van der Waals surface area contributed by atoms with Crippen LogP contribution in [0.5, 0.6) is 0 Å². The van der Waals surface area contributed by atoms with Gasteiger partial charge in [-0.25, -0.2) is 23.0 Å². The van der Waals surface area contributed by atoms with Gasteiger partial charge in [-0.05, 0) is 25.0 Å². The number of nitrogen functional groups attached to an aromatic ring is 1. The number of fused-ring (bicyclic) bond motifs is 1. The van der Waals surface area contributed by atoms with Crippen LogP contribution in [0.3, 0.4) is 0 Å². The Morgan fingerprint density at radius 2 is 2.14 bits per heavy atom. The topological polar surface area (TPSA) is 120 Å². The quantitative estimate of drug-likeness (QED) is 0.674. The number of nitrogens with zero attached hydrogens (tertiary/aromatic N) is 6. The Kier molecular flexibility index (Phi) is 4.67. The minimum Gasteiger partial charge on any atom is -0.382 e. The molecule has 1 fully saturated rings. The van der Waals surface area contributed by atoms with Crippen LogP contribution in [0, 0.1) is 0 Å². The van der Waals surface area contributed by atoms with Gasteiger partial charge in [0.25, 0.3) is 12.0 Å². The average molecular weight is 390 g/mol. The van der Waals surface area contributed by atoms with Gasteiger partial charge in [0, 0.05) is 25.2 Å². The summed E-state index contributed by atoms with van der Waals surface area (Å²) >= 11 is 0. The van der Waals surface area contributed by atoms with Gasteiger partial charge in [-0.15, -0.1) is 0 Å². The first-order valence-corrected chi connectivity index (χ1v) is 8.93. The van der Waals surface area contributed by atoms with Gasteiger partial charge in [0.2, 0.25) is 0 Å². The molecule has 11 heteroatoms. The first kappa shape index (κ1) is 18.3. The van der Waals surface area contributed by atoms with Crippen molar-refractivity contribution >= 4 is 17.0 Å². The van der Waals surface area contributed by atoms with E-state index in [-0.39, 0.29) is 11.9 Å². The van der Waals surface area contributed by atoms with Gasteiger partial charge < -0.3 is 16.4 Å². The summed E-state index contributed by atoms with van der Waals surface area (Å²) in [6.07, 6.45) is 0.514. The standard InChI is InChI=1S/C17H20F2N8O/c18-14(19)8-26-15(28)4-3-11(24-26)12-6-13(25-5-1-2-10(20)7-25)16-17(21)22-9-23-27(12)16/h3-4,6,9-10,14H,1-2,5,7-8,20H2,(H2,21,22,23). The van der Waals surface area contributed by atoms with Crippen molar-refractivity contribution in [3.8, 4) is 11.4 Å². The van der Waals surface area contributed by atoms with Crippen LogP contribution in [0.4, 0.5) is 20.3 Å². The molecule has 148 valence electrons. The highest BCUT2D eigenvalue weighted by Crippen LogP contribution is 2.34. The summed E-state index contributed by atoms with van der Waals surface area (Å²) in [5, 5.41) is 8.35. The highest BCUT2D eigenvalue weighted by Gasteiger charge is 2.24. The summed E-state index contributed by atoms with van der Waals surface area (Å²) in [4.78, 5) is 18.0. The van der Waals surface area contributed by atoms with E-state index in [0.29, 0.717) is 23.4 Å². The molecular formula is C17H20F2N8O. The number of halogens is 2. The van der Waals surface area contributed by atoms with E-state index in [9.17, 15) is 13.6 Å². The predicted octanol–water partition coefficient (Wildman–Crippen LogP) is 0.728. The zero-order chi connectivity index (χ0) is 19.8. The second-order valence-corrected chi connectivity index (χ2v) is 6.80. The third-order valence-corrected chi connectivity index (χ3v) is 4.80. The van der Waals surface area contributed by atoms with E-state index in [1.54, 1.807) is 4.52 Å². The molecule has 3 aromatic heterocycles.